The third-order valence-corrected chi connectivity index (χ3v) is 6.12. The van der Waals surface area contributed by atoms with Gasteiger partial charge in [0.1, 0.15) is 5.60 Å². The monoisotopic (exact) mass is 528 g/mol. The van der Waals surface area contributed by atoms with Crippen molar-refractivity contribution in [1.29, 1.82) is 0 Å². The van der Waals surface area contributed by atoms with Crippen molar-refractivity contribution >= 4 is 40.0 Å². The Balaban J connectivity index is 0.00000392. The van der Waals surface area contributed by atoms with Gasteiger partial charge in [-0.05, 0) is 32.6 Å². The van der Waals surface area contributed by atoms with E-state index in [1.165, 1.54) is 10.6 Å². The SMILES string of the molecule is CCNC(=NCC(C)(O)c1cnn(C)c1)NCC1CCN(S(C)(=O)=O)CC1.I. The van der Waals surface area contributed by atoms with Crippen molar-refractivity contribution in [3.63, 3.8) is 0 Å². The molecule has 9 nitrogen and oxygen atoms in total. The topological polar surface area (TPSA) is 112 Å². The van der Waals surface area contributed by atoms with Gasteiger partial charge in [-0.3, -0.25) is 4.68 Å². The lowest BCUT2D eigenvalue weighted by Gasteiger charge is -2.30. The van der Waals surface area contributed by atoms with Gasteiger partial charge in [-0.1, -0.05) is 0 Å². The van der Waals surface area contributed by atoms with Gasteiger partial charge in [0.25, 0.3) is 0 Å². The van der Waals surface area contributed by atoms with E-state index < -0.39 is 15.6 Å². The Hall–Kier alpha value is -0.920. The lowest BCUT2D eigenvalue weighted by atomic mass is 9.98. The van der Waals surface area contributed by atoms with Crippen LogP contribution in [-0.2, 0) is 22.7 Å². The van der Waals surface area contributed by atoms with Gasteiger partial charge in [-0.25, -0.2) is 17.7 Å². The first-order valence-electron chi connectivity index (χ1n) is 9.30. The summed E-state index contributed by atoms with van der Waals surface area (Å²) < 4.78 is 26.4. The molecule has 1 aliphatic rings. The van der Waals surface area contributed by atoms with E-state index in [-0.39, 0.29) is 30.5 Å². The molecular formula is C17H33IN6O3S. The third kappa shape index (κ3) is 7.48. The van der Waals surface area contributed by atoms with Crippen molar-refractivity contribution in [3.05, 3.63) is 18.0 Å². The molecule has 0 amide bonds. The summed E-state index contributed by atoms with van der Waals surface area (Å²) in [4.78, 5) is 4.51. The molecule has 0 saturated carbocycles. The minimum Gasteiger partial charge on any atom is -0.383 e. The number of nitrogens with zero attached hydrogens (tertiary/aromatic N) is 4. The van der Waals surface area contributed by atoms with E-state index in [4.69, 9.17) is 0 Å². The molecule has 1 fully saturated rings. The number of guanidine groups is 1. The number of aryl methyl sites for hydroxylation is 1. The highest BCUT2D eigenvalue weighted by atomic mass is 127. The van der Waals surface area contributed by atoms with Crippen molar-refractivity contribution in [2.75, 3.05) is 39.0 Å². The van der Waals surface area contributed by atoms with E-state index in [9.17, 15) is 13.5 Å². The Labute approximate surface area is 185 Å². The summed E-state index contributed by atoms with van der Waals surface area (Å²) in [6, 6.07) is 0. The number of piperidine rings is 1. The molecule has 1 aromatic rings. The average Bonchev–Trinajstić information content (AvgIpc) is 3.04. The van der Waals surface area contributed by atoms with Crippen molar-refractivity contribution in [3.8, 4) is 0 Å². The first kappa shape index (κ1) is 25.1. The molecule has 1 aliphatic heterocycles. The maximum Gasteiger partial charge on any atom is 0.211 e. The number of nitrogens with one attached hydrogen (secondary N) is 2. The molecule has 3 N–H and O–H groups in total. The van der Waals surface area contributed by atoms with Crippen molar-refractivity contribution in [1.82, 2.24) is 24.7 Å². The molecule has 1 saturated heterocycles. The van der Waals surface area contributed by atoms with E-state index in [0.29, 0.717) is 31.5 Å². The van der Waals surface area contributed by atoms with Crippen LogP contribution < -0.4 is 10.6 Å². The van der Waals surface area contributed by atoms with Crippen LogP contribution in [0.2, 0.25) is 0 Å². The molecule has 28 heavy (non-hydrogen) atoms. The van der Waals surface area contributed by atoms with Crippen molar-refractivity contribution < 1.29 is 13.5 Å². The number of halogens is 1. The Morgan fingerprint density at radius 3 is 2.54 bits per heavy atom. The summed E-state index contributed by atoms with van der Waals surface area (Å²) in [5.74, 6) is 1.04. The van der Waals surface area contributed by atoms with Crippen LogP contribution in [0.5, 0.6) is 0 Å². The quantitative estimate of drug-likeness (QED) is 0.270. The number of rotatable bonds is 7. The molecule has 1 aromatic heterocycles. The zero-order valence-corrected chi connectivity index (χ0v) is 20.2. The molecule has 1 atom stereocenters. The van der Waals surface area contributed by atoms with Crippen LogP contribution in [0.15, 0.2) is 17.4 Å². The van der Waals surface area contributed by atoms with Crippen molar-refractivity contribution in [2.45, 2.75) is 32.3 Å². The summed E-state index contributed by atoms with van der Waals surface area (Å²) in [6.45, 7) is 6.48. The van der Waals surface area contributed by atoms with E-state index in [2.05, 4.69) is 20.7 Å². The molecule has 0 aromatic carbocycles. The summed E-state index contributed by atoms with van der Waals surface area (Å²) in [5, 5.41) is 21.3. The molecule has 2 rings (SSSR count). The molecular weight excluding hydrogens is 495 g/mol. The molecule has 162 valence electrons. The smallest absolute Gasteiger partial charge is 0.211 e. The standard InChI is InChI=1S/C17H32N6O3S.HI/c1-5-18-16(20-13-17(2,24)15-11-21-22(3)12-15)19-10-14-6-8-23(9-7-14)27(4,25)26;/h11-12,14,24H,5-10,13H2,1-4H3,(H2,18,19,20);1H. The van der Waals surface area contributed by atoms with Crippen molar-refractivity contribution in [2.24, 2.45) is 18.0 Å². The van der Waals surface area contributed by atoms with E-state index >= 15 is 0 Å². The molecule has 0 radical (unpaired) electrons. The highest BCUT2D eigenvalue weighted by molar-refractivity contribution is 14.0. The average molecular weight is 528 g/mol. The minimum atomic E-state index is -3.10. The molecule has 2 heterocycles. The highest BCUT2D eigenvalue weighted by Gasteiger charge is 2.26. The van der Waals surface area contributed by atoms with Crippen LogP contribution in [-0.4, -0.2) is 72.5 Å². The predicted octanol–water partition coefficient (Wildman–Crippen LogP) is 0.472. The fourth-order valence-electron chi connectivity index (χ4n) is 3.05. The zero-order chi connectivity index (χ0) is 20.1. The number of aliphatic imine (C=N–C) groups is 1. The number of sulfonamides is 1. The second-order valence-electron chi connectivity index (χ2n) is 7.36. The summed E-state index contributed by atoms with van der Waals surface area (Å²) in [7, 11) is -1.29. The largest absolute Gasteiger partial charge is 0.383 e. The summed E-state index contributed by atoms with van der Waals surface area (Å²) in [6.07, 6.45) is 6.34. The molecule has 0 spiro atoms. The van der Waals surface area contributed by atoms with Gasteiger partial charge in [0.15, 0.2) is 5.96 Å². The fraction of sp³-hybridized carbons (Fsp3) is 0.765. The van der Waals surface area contributed by atoms with E-state index in [1.54, 1.807) is 24.0 Å². The van der Waals surface area contributed by atoms with Crippen LogP contribution in [0, 0.1) is 5.92 Å². The lowest BCUT2D eigenvalue weighted by molar-refractivity contribution is 0.0671. The molecule has 0 aliphatic carbocycles. The molecule has 11 heteroatoms. The Bertz CT molecular complexity index is 742. The van der Waals surface area contributed by atoms with Crippen LogP contribution in [0.1, 0.15) is 32.3 Å². The normalized spacial score (nSPS) is 19.0. The van der Waals surface area contributed by atoms with Gasteiger partial charge in [0.2, 0.25) is 10.0 Å². The van der Waals surface area contributed by atoms with Crippen LogP contribution in [0.3, 0.4) is 0 Å². The predicted molar refractivity (Wildman–Crippen MR) is 121 cm³/mol. The van der Waals surface area contributed by atoms with Gasteiger partial charge in [0.05, 0.1) is 19.0 Å². The summed E-state index contributed by atoms with van der Waals surface area (Å²) >= 11 is 0. The Kier molecular flexibility index (Phi) is 9.64. The number of aromatic nitrogens is 2. The third-order valence-electron chi connectivity index (χ3n) is 4.82. The van der Waals surface area contributed by atoms with Gasteiger partial charge < -0.3 is 15.7 Å². The Morgan fingerprint density at radius 1 is 1.39 bits per heavy atom. The maximum atomic E-state index is 11.6. The molecule has 1 unspecified atom stereocenters. The second-order valence-corrected chi connectivity index (χ2v) is 9.34. The number of hydrogen-bond acceptors (Lipinski definition) is 5. The maximum absolute atomic E-state index is 11.6. The highest BCUT2D eigenvalue weighted by Crippen LogP contribution is 2.20. The lowest BCUT2D eigenvalue weighted by Crippen LogP contribution is -2.44. The van der Waals surface area contributed by atoms with Crippen LogP contribution in [0.25, 0.3) is 0 Å². The minimum absolute atomic E-state index is 0. The first-order chi connectivity index (χ1) is 12.6. The van der Waals surface area contributed by atoms with Gasteiger partial charge in [0, 0.05) is 45.0 Å². The second kappa shape index (κ2) is 10.7. The first-order valence-corrected chi connectivity index (χ1v) is 11.2. The van der Waals surface area contributed by atoms with Gasteiger partial charge in [-0.2, -0.15) is 5.10 Å². The van der Waals surface area contributed by atoms with E-state index in [1.807, 2.05) is 14.0 Å². The van der Waals surface area contributed by atoms with Crippen LogP contribution in [0.4, 0.5) is 0 Å². The number of aliphatic hydroxyl groups is 1. The zero-order valence-electron chi connectivity index (χ0n) is 17.1. The fourth-order valence-corrected chi connectivity index (χ4v) is 3.93. The van der Waals surface area contributed by atoms with Crippen LogP contribution >= 0.6 is 24.0 Å². The van der Waals surface area contributed by atoms with E-state index in [0.717, 1.165) is 24.9 Å². The number of hydrogen-bond donors (Lipinski definition) is 3. The van der Waals surface area contributed by atoms with Gasteiger partial charge >= 0.3 is 0 Å². The summed E-state index contributed by atoms with van der Waals surface area (Å²) in [5.41, 5.74) is -0.380. The van der Waals surface area contributed by atoms with Gasteiger partial charge in [-0.15, -0.1) is 24.0 Å². The molecule has 0 bridgehead atoms. The Morgan fingerprint density at radius 2 is 2.04 bits per heavy atom.